The van der Waals surface area contributed by atoms with Gasteiger partial charge in [0.1, 0.15) is 18.4 Å². The molecule has 0 fully saturated rings. The van der Waals surface area contributed by atoms with Gasteiger partial charge in [-0.3, -0.25) is 13.9 Å². The lowest BCUT2D eigenvalue weighted by molar-refractivity contribution is -0.139. The normalized spacial score (nSPS) is 12.2. The minimum Gasteiger partial charge on any atom is -0.354 e. The van der Waals surface area contributed by atoms with Crippen molar-refractivity contribution in [3.8, 4) is 0 Å². The summed E-state index contributed by atoms with van der Waals surface area (Å²) in [5, 5.41) is 2.82. The lowest BCUT2D eigenvalue weighted by Gasteiger charge is -2.32. The summed E-state index contributed by atoms with van der Waals surface area (Å²) in [5.41, 5.74) is 2.20. The molecule has 0 aliphatic carbocycles. The molecule has 7 nitrogen and oxygen atoms in total. The molecule has 3 aromatic rings. The quantitative estimate of drug-likeness (QED) is 0.369. The van der Waals surface area contributed by atoms with Crippen molar-refractivity contribution in [2.24, 2.45) is 5.92 Å². The summed E-state index contributed by atoms with van der Waals surface area (Å²) in [6, 6.07) is 18.2. The fourth-order valence-corrected chi connectivity index (χ4v) is 5.61. The number of carbonyl (C=O) groups excluding carboxylic acids is 2. The Hall–Kier alpha value is -3.72. The Morgan fingerprint density at radius 2 is 1.49 bits per heavy atom. The Kier molecular flexibility index (Phi) is 9.86. The van der Waals surface area contributed by atoms with Crippen molar-refractivity contribution in [1.29, 1.82) is 0 Å². The Bertz CT molecular complexity index is 1390. The zero-order valence-corrected chi connectivity index (χ0v) is 23.8. The standard InChI is InChI=1S/C30H36FN3O4S/c1-21(2)18-32-30(36)24(5)33(19-25-11-9-10-14-28(25)31)29(35)20-34(26-16-22(3)15-23(4)17-26)39(37,38)27-12-7-6-8-13-27/h6-17,21,24H,18-20H2,1-5H3,(H,32,36)/t24-/m1/s1. The van der Waals surface area contributed by atoms with E-state index in [0.29, 0.717) is 12.2 Å². The van der Waals surface area contributed by atoms with Crippen LogP contribution >= 0.6 is 0 Å². The number of rotatable bonds is 11. The van der Waals surface area contributed by atoms with Gasteiger partial charge in [-0.05, 0) is 68.1 Å². The van der Waals surface area contributed by atoms with Crippen molar-refractivity contribution in [3.63, 3.8) is 0 Å². The predicted octanol–water partition coefficient (Wildman–Crippen LogP) is 4.83. The molecule has 0 saturated carbocycles. The summed E-state index contributed by atoms with van der Waals surface area (Å²) < 4.78 is 43.3. The van der Waals surface area contributed by atoms with E-state index in [2.05, 4.69) is 5.32 Å². The number of amides is 2. The van der Waals surface area contributed by atoms with Crippen molar-refractivity contribution < 1.29 is 22.4 Å². The van der Waals surface area contributed by atoms with Crippen LogP contribution in [0, 0.1) is 25.6 Å². The molecule has 0 aliphatic heterocycles. The minimum atomic E-state index is -4.15. The molecular weight excluding hydrogens is 517 g/mol. The summed E-state index contributed by atoms with van der Waals surface area (Å²) >= 11 is 0. The number of anilines is 1. The zero-order chi connectivity index (χ0) is 28.7. The monoisotopic (exact) mass is 553 g/mol. The summed E-state index contributed by atoms with van der Waals surface area (Å²) in [6.07, 6.45) is 0. The number of halogens is 1. The van der Waals surface area contributed by atoms with Gasteiger partial charge in [0, 0.05) is 18.7 Å². The molecule has 0 aromatic heterocycles. The number of benzene rings is 3. The number of nitrogens with one attached hydrogen (secondary N) is 1. The molecule has 39 heavy (non-hydrogen) atoms. The number of sulfonamides is 1. The van der Waals surface area contributed by atoms with E-state index in [9.17, 15) is 22.4 Å². The van der Waals surface area contributed by atoms with Crippen molar-refractivity contribution in [3.05, 3.63) is 95.3 Å². The van der Waals surface area contributed by atoms with Crippen LogP contribution in [0.15, 0.2) is 77.7 Å². The number of hydrogen-bond acceptors (Lipinski definition) is 4. The van der Waals surface area contributed by atoms with Gasteiger partial charge in [-0.1, -0.05) is 56.3 Å². The minimum absolute atomic E-state index is 0.0281. The average Bonchev–Trinajstić information content (AvgIpc) is 2.89. The first-order valence-corrected chi connectivity index (χ1v) is 14.3. The highest BCUT2D eigenvalue weighted by molar-refractivity contribution is 7.92. The van der Waals surface area contributed by atoms with Gasteiger partial charge < -0.3 is 10.2 Å². The molecule has 0 aliphatic rings. The van der Waals surface area contributed by atoms with E-state index in [1.165, 1.54) is 35.2 Å². The molecule has 208 valence electrons. The molecule has 9 heteroatoms. The fourth-order valence-electron chi connectivity index (χ4n) is 4.19. The van der Waals surface area contributed by atoms with Crippen LogP contribution in [0.1, 0.15) is 37.5 Å². The molecule has 3 aromatic carbocycles. The number of aryl methyl sites for hydroxylation is 2. The Balaban J connectivity index is 2.04. The average molecular weight is 554 g/mol. The molecule has 0 radical (unpaired) electrons. The van der Waals surface area contributed by atoms with Crippen LogP contribution in [0.4, 0.5) is 10.1 Å². The summed E-state index contributed by atoms with van der Waals surface area (Å²) in [5.74, 6) is -1.37. The van der Waals surface area contributed by atoms with Crippen LogP contribution in [0.25, 0.3) is 0 Å². The molecule has 3 rings (SSSR count). The molecule has 1 N–H and O–H groups in total. The smallest absolute Gasteiger partial charge is 0.264 e. The molecule has 1 atom stereocenters. The van der Waals surface area contributed by atoms with Gasteiger partial charge in [0.25, 0.3) is 10.0 Å². The third-order valence-corrected chi connectivity index (χ3v) is 8.04. The van der Waals surface area contributed by atoms with E-state index in [1.807, 2.05) is 33.8 Å². The van der Waals surface area contributed by atoms with E-state index in [1.54, 1.807) is 43.3 Å². The van der Waals surface area contributed by atoms with E-state index < -0.39 is 40.2 Å². The van der Waals surface area contributed by atoms with Gasteiger partial charge in [-0.25, -0.2) is 12.8 Å². The van der Waals surface area contributed by atoms with Crippen LogP contribution in [-0.2, 0) is 26.2 Å². The van der Waals surface area contributed by atoms with Gasteiger partial charge in [0.05, 0.1) is 10.6 Å². The molecule has 0 bridgehead atoms. The molecule has 0 spiro atoms. The molecular formula is C30H36FN3O4S. The summed E-state index contributed by atoms with van der Waals surface area (Å²) in [6.45, 7) is 8.77. The fraction of sp³-hybridized carbons (Fsp3) is 0.333. The van der Waals surface area contributed by atoms with Gasteiger partial charge in [-0.2, -0.15) is 0 Å². The maximum absolute atomic E-state index is 14.6. The number of hydrogen-bond donors (Lipinski definition) is 1. The maximum Gasteiger partial charge on any atom is 0.264 e. The third kappa shape index (κ3) is 7.66. The van der Waals surface area contributed by atoms with E-state index >= 15 is 0 Å². The van der Waals surface area contributed by atoms with Crippen molar-refractivity contribution in [1.82, 2.24) is 10.2 Å². The van der Waals surface area contributed by atoms with Crippen molar-refractivity contribution >= 4 is 27.5 Å². The molecule has 0 unspecified atom stereocenters. The third-order valence-electron chi connectivity index (χ3n) is 6.25. The highest BCUT2D eigenvalue weighted by atomic mass is 32.2. The summed E-state index contributed by atoms with van der Waals surface area (Å²) in [7, 11) is -4.15. The number of nitrogens with zero attached hydrogens (tertiary/aromatic N) is 2. The van der Waals surface area contributed by atoms with Crippen molar-refractivity contribution in [2.45, 2.75) is 52.1 Å². The van der Waals surface area contributed by atoms with Gasteiger partial charge >= 0.3 is 0 Å². The molecule has 0 heterocycles. The first-order valence-electron chi connectivity index (χ1n) is 12.9. The van der Waals surface area contributed by atoms with Crippen LogP contribution in [0.2, 0.25) is 0 Å². The second kappa shape index (κ2) is 12.9. The molecule has 2 amide bonds. The second-order valence-corrected chi connectivity index (χ2v) is 12.0. The van der Waals surface area contributed by atoms with Crippen LogP contribution < -0.4 is 9.62 Å². The maximum atomic E-state index is 14.6. The largest absolute Gasteiger partial charge is 0.354 e. The van der Waals surface area contributed by atoms with E-state index in [0.717, 1.165) is 15.4 Å². The van der Waals surface area contributed by atoms with Gasteiger partial charge in [-0.15, -0.1) is 0 Å². The number of carbonyl (C=O) groups is 2. The highest BCUT2D eigenvalue weighted by Crippen LogP contribution is 2.26. The van der Waals surface area contributed by atoms with Crippen LogP contribution in [0.5, 0.6) is 0 Å². The van der Waals surface area contributed by atoms with Gasteiger partial charge in [0.15, 0.2) is 0 Å². The van der Waals surface area contributed by atoms with E-state index in [4.69, 9.17) is 0 Å². The van der Waals surface area contributed by atoms with Crippen LogP contribution in [-0.4, -0.2) is 44.3 Å². The lowest BCUT2D eigenvalue weighted by atomic mass is 10.1. The van der Waals surface area contributed by atoms with Crippen LogP contribution in [0.3, 0.4) is 0 Å². The Morgan fingerprint density at radius 1 is 0.897 bits per heavy atom. The highest BCUT2D eigenvalue weighted by Gasteiger charge is 2.33. The first kappa shape index (κ1) is 29.8. The zero-order valence-electron chi connectivity index (χ0n) is 23.0. The van der Waals surface area contributed by atoms with E-state index in [-0.39, 0.29) is 22.9 Å². The molecule has 0 saturated heterocycles. The topological polar surface area (TPSA) is 86.8 Å². The summed E-state index contributed by atoms with van der Waals surface area (Å²) in [4.78, 5) is 28.1. The lowest BCUT2D eigenvalue weighted by Crippen LogP contribution is -2.51. The predicted molar refractivity (Wildman–Crippen MR) is 151 cm³/mol. The second-order valence-electron chi connectivity index (χ2n) is 10.1. The SMILES string of the molecule is Cc1cc(C)cc(N(CC(=O)N(Cc2ccccc2F)[C@H](C)C(=O)NCC(C)C)S(=O)(=O)c2ccccc2)c1. The van der Waals surface area contributed by atoms with Crippen molar-refractivity contribution in [2.75, 3.05) is 17.4 Å². The Morgan fingerprint density at radius 3 is 2.08 bits per heavy atom. The van der Waals surface area contributed by atoms with Gasteiger partial charge in [0.2, 0.25) is 11.8 Å². The first-order chi connectivity index (χ1) is 18.4. The Labute approximate surface area is 230 Å².